The Balaban J connectivity index is 4.15. The molecule has 0 aromatic heterocycles. The second-order valence-electron chi connectivity index (χ2n) is 5.21. The Labute approximate surface area is 115 Å². The van der Waals surface area contributed by atoms with Gasteiger partial charge in [-0.05, 0) is 33.6 Å². The predicted molar refractivity (Wildman–Crippen MR) is 74.5 cm³/mol. The van der Waals surface area contributed by atoms with Crippen LogP contribution in [0.3, 0.4) is 0 Å². The van der Waals surface area contributed by atoms with E-state index < -0.39 is 17.7 Å². The number of unbranched alkanes of at least 4 members (excludes halogenated alkanes) is 1. The summed E-state index contributed by atoms with van der Waals surface area (Å²) in [6.45, 7) is 7.65. The number of hydrogen-bond acceptors (Lipinski definition) is 3. The van der Waals surface area contributed by atoms with Crippen LogP contribution in [0.25, 0.3) is 0 Å². The molecule has 5 nitrogen and oxygen atoms in total. The summed E-state index contributed by atoms with van der Waals surface area (Å²) >= 11 is 0. The number of carbonyl (C=O) groups is 2. The summed E-state index contributed by atoms with van der Waals surface area (Å²) < 4.78 is 5.11. The Hall–Kier alpha value is -1.70. The van der Waals surface area contributed by atoms with Gasteiger partial charge >= 0.3 is 6.09 Å². The maximum atomic E-state index is 11.8. The molecule has 2 N–H and O–H groups in total. The highest BCUT2D eigenvalue weighted by molar-refractivity contribution is 5.85. The minimum absolute atomic E-state index is 0.217. The first kappa shape index (κ1) is 17.3. The molecule has 0 saturated carbocycles. The molecule has 0 saturated heterocycles. The number of amides is 2. The van der Waals surface area contributed by atoms with E-state index >= 15 is 0 Å². The van der Waals surface area contributed by atoms with Crippen molar-refractivity contribution in [2.45, 2.75) is 58.6 Å². The highest BCUT2D eigenvalue weighted by Gasteiger charge is 2.22. The molecular weight excluding hydrogens is 244 g/mol. The van der Waals surface area contributed by atoms with Gasteiger partial charge in [-0.2, -0.15) is 0 Å². The van der Waals surface area contributed by atoms with Gasteiger partial charge in [0.05, 0.1) is 0 Å². The second kappa shape index (κ2) is 8.41. The Morgan fingerprint density at radius 2 is 2.00 bits per heavy atom. The van der Waals surface area contributed by atoms with Gasteiger partial charge in [-0.3, -0.25) is 4.79 Å². The zero-order valence-corrected chi connectivity index (χ0v) is 12.2. The molecule has 0 fully saturated rings. The minimum Gasteiger partial charge on any atom is -0.444 e. The standard InChI is InChI=1S/C14H24N2O3/c1-6-8-9-10-15-12(17)11(7-2)16-13(18)19-14(3,4)5/h1,11H,7-10H2,2-5H3,(H,15,17)(H,16,18)/t11-/m0/s1. The van der Waals surface area contributed by atoms with Gasteiger partial charge in [-0.15, -0.1) is 12.3 Å². The fraction of sp³-hybridized carbons (Fsp3) is 0.714. The van der Waals surface area contributed by atoms with E-state index in [-0.39, 0.29) is 5.91 Å². The average molecular weight is 268 g/mol. The number of terminal acetylenes is 1. The maximum absolute atomic E-state index is 11.8. The molecular formula is C14H24N2O3. The largest absolute Gasteiger partial charge is 0.444 e. The van der Waals surface area contributed by atoms with Crippen LogP contribution < -0.4 is 10.6 Å². The van der Waals surface area contributed by atoms with Crippen molar-refractivity contribution >= 4 is 12.0 Å². The number of nitrogens with one attached hydrogen (secondary N) is 2. The monoisotopic (exact) mass is 268 g/mol. The third-order valence-corrected chi connectivity index (χ3v) is 2.21. The Morgan fingerprint density at radius 1 is 1.37 bits per heavy atom. The highest BCUT2D eigenvalue weighted by Crippen LogP contribution is 2.07. The molecule has 0 spiro atoms. The zero-order valence-electron chi connectivity index (χ0n) is 12.2. The summed E-state index contributed by atoms with van der Waals surface area (Å²) in [5, 5.41) is 5.28. The third kappa shape index (κ3) is 8.95. The lowest BCUT2D eigenvalue weighted by Crippen LogP contribution is -2.48. The van der Waals surface area contributed by atoms with Crippen molar-refractivity contribution < 1.29 is 14.3 Å². The van der Waals surface area contributed by atoms with Crippen LogP contribution in [-0.2, 0) is 9.53 Å². The fourth-order valence-electron chi connectivity index (χ4n) is 1.33. The van der Waals surface area contributed by atoms with Crippen molar-refractivity contribution in [1.82, 2.24) is 10.6 Å². The van der Waals surface area contributed by atoms with Crippen LogP contribution in [0.4, 0.5) is 4.79 Å². The molecule has 108 valence electrons. The summed E-state index contributed by atoms with van der Waals surface area (Å²) in [7, 11) is 0. The summed E-state index contributed by atoms with van der Waals surface area (Å²) in [4.78, 5) is 23.4. The van der Waals surface area contributed by atoms with Gasteiger partial charge in [-0.1, -0.05) is 6.92 Å². The first-order valence-corrected chi connectivity index (χ1v) is 6.50. The first-order valence-electron chi connectivity index (χ1n) is 6.50. The van der Waals surface area contributed by atoms with E-state index in [1.165, 1.54) is 0 Å². The number of alkyl carbamates (subject to hydrolysis) is 1. The number of carbonyl (C=O) groups excluding carboxylic acids is 2. The molecule has 0 aliphatic rings. The molecule has 1 atom stereocenters. The van der Waals surface area contributed by atoms with Gasteiger partial charge in [0.1, 0.15) is 11.6 Å². The molecule has 0 aliphatic heterocycles. The van der Waals surface area contributed by atoms with Gasteiger partial charge in [0.15, 0.2) is 0 Å². The normalized spacial score (nSPS) is 12.2. The molecule has 2 amide bonds. The second-order valence-corrected chi connectivity index (χ2v) is 5.21. The number of rotatable bonds is 6. The smallest absolute Gasteiger partial charge is 0.408 e. The summed E-state index contributed by atoms with van der Waals surface area (Å²) in [5.41, 5.74) is -0.578. The van der Waals surface area contributed by atoms with Crippen LogP contribution >= 0.6 is 0 Å². The molecule has 0 bridgehead atoms. The van der Waals surface area contributed by atoms with Crippen LogP contribution in [0, 0.1) is 12.3 Å². The molecule has 5 heteroatoms. The third-order valence-electron chi connectivity index (χ3n) is 2.21. The molecule has 19 heavy (non-hydrogen) atoms. The van der Waals surface area contributed by atoms with E-state index in [4.69, 9.17) is 11.2 Å². The van der Waals surface area contributed by atoms with Crippen LogP contribution in [0.2, 0.25) is 0 Å². The Morgan fingerprint density at radius 3 is 2.47 bits per heavy atom. The molecule has 0 aromatic carbocycles. The van der Waals surface area contributed by atoms with Crippen LogP contribution in [0.15, 0.2) is 0 Å². The van der Waals surface area contributed by atoms with Gasteiger partial charge < -0.3 is 15.4 Å². The van der Waals surface area contributed by atoms with Crippen LogP contribution in [-0.4, -0.2) is 30.2 Å². The van der Waals surface area contributed by atoms with Crippen LogP contribution in [0.5, 0.6) is 0 Å². The number of ether oxygens (including phenoxy) is 1. The van der Waals surface area contributed by atoms with Gasteiger partial charge in [0, 0.05) is 13.0 Å². The summed E-state index contributed by atoms with van der Waals surface area (Å²) in [6, 6.07) is -0.583. The lowest BCUT2D eigenvalue weighted by atomic mass is 10.2. The Bertz CT molecular complexity index is 340. The van der Waals surface area contributed by atoms with E-state index in [9.17, 15) is 9.59 Å². The highest BCUT2D eigenvalue weighted by atomic mass is 16.6. The molecule has 0 rings (SSSR count). The van der Waals surface area contributed by atoms with E-state index in [0.29, 0.717) is 19.4 Å². The van der Waals surface area contributed by atoms with Crippen molar-refractivity contribution in [3.63, 3.8) is 0 Å². The molecule has 0 aromatic rings. The van der Waals surface area contributed by atoms with E-state index in [1.54, 1.807) is 20.8 Å². The molecule has 0 aliphatic carbocycles. The zero-order chi connectivity index (χ0) is 14.9. The van der Waals surface area contributed by atoms with Crippen molar-refractivity contribution in [1.29, 1.82) is 0 Å². The predicted octanol–water partition coefficient (Wildman–Crippen LogP) is 1.82. The molecule has 0 radical (unpaired) electrons. The van der Waals surface area contributed by atoms with E-state index in [1.807, 2.05) is 6.92 Å². The summed E-state index contributed by atoms with van der Waals surface area (Å²) in [5.74, 6) is 2.28. The van der Waals surface area contributed by atoms with Gasteiger partial charge in [-0.25, -0.2) is 4.79 Å². The maximum Gasteiger partial charge on any atom is 0.408 e. The van der Waals surface area contributed by atoms with Crippen molar-refractivity contribution in [3.05, 3.63) is 0 Å². The molecule has 0 unspecified atom stereocenters. The van der Waals surface area contributed by atoms with E-state index in [0.717, 1.165) is 6.42 Å². The minimum atomic E-state index is -0.585. The molecule has 0 heterocycles. The van der Waals surface area contributed by atoms with Crippen LogP contribution in [0.1, 0.15) is 47.0 Å². The number of hydrogen-bond donors (Lipinski definition) is 2. The lowest BCUT2D eigenvalue weighted by Gasteiger charge is -2.22. The van der Waals surface area contributed by atoms with Crippen molar-refractivity contribution in [2.75, 3.05) is 6.54 Å². The summed E-state index contributed by atoms with van der Waals surface area (Å²) in [6.07, 6.45) is 6.38. The van der Waals surface area contributed by atoms with Gasteiger partial charge in [0.25, 0.3) is 0 Å². The fourth-order valence-corrected chi connectivity index (χ4v) is 1.33. The van der Waals surface area contributed by atoms with Gasteiger partial charge in [0.2, 0.25) is 5.91 Å². The lowest BCUT2D eigenvalue weighted by molar-refractivity contribution is -0.123. The topological polar surface area (TPSA) is 67.4 Å². The Kier molecular flexibility index (Phi) is 7.66. The SMILES string of the molecule is C#CCCCNC(=O)[C@H](CC)NC(=O)OC(C)(C)C. The quantitative estimate of drug-likeness (QED) is 0.570. The average Bonchev–Trinajstić information content (AvgIpc) is 2.29. The first-order chi connectivity index (χ1) is 8.80. The van der Waals surface area contributed by atoms with E-state index in [2.05, 4.69) is 16.6 Å². The van der Waals surface area contributed by atoms with Crippen molar-refractivity contribution in [2.24, 2.45) is 0 Å². The van der Waals surface area contributed by atoms with Crippen molar-refractivity contribution in [3.8, 4) is 12.3 Å².